The zero-order valence-electron chi connectivity index (χ0n) is 13.5. The van der Waals surface area contributed by atoms with Gasteiger partial charge >= 0.3 is 0 Å². The number of ether oxygens (including phenoxy) is 1. The van der Waals surface area contributed by atoms with E-state index in [1.165, 1.54) is 0 Å². The van der Waals surface area contributed by atoms with Crippen LogP contribution in [-0.2, 0) is 6.61 Å². The molecular formula is C19H25NO2. The van der Waals surface area contributed by atoms with Gasteiger partial charge in [0.2, 0.25) is 0 Å². The normalized spacial score (nSPS) is 12.9. The minimum Gasteiger partial charge on any atom is -0.489 e. The van der Waals surface area contributed by atoms with Crippen molar-refractivity contribution in [2.24, 2.45) is 0 Å². The second-order valence-corrected chi connectivity index (χ2v) is 6.49. The van der Waals surface area contributed by atoms with Gasteiger partial charge in [-0.3, -0.25) is 0 Å². The summed E-state index contributed by atoms with van der Waals surface area (Å²) < 4.78 is 5.74. The summed E-state index contributed by atoms with van der Waals surface area (Å²) in [5, 5.41) is 13.5. The molecule has 2 N–H and O–H groups in total. The Morgan fingerprint density at radius 2 is 1.64 bits per heavy atom. The Morgan fingerprint density at radius 1 is 1.00 bits per heavy atom. The number of hydrogen-bond donors (Lipinski definition) is 2. The Kier molecular flexibility index (Phi) is 5.58. The highest BCUT2D eigenvalue weighted by Crippen LogP contribution is 2.19. The van der Waals surface area contributed by atoms with Gasteiger partial charge in [-0.25, -0.2) is 0 Å². The third-order valence-electron chi connectivity index (χ3n) is 3.34. The quantitative estimate of drug-likeness (QED) is 0.855. The Labute approximate surface area is 133 Å². The molecule has 0 amide bonds. The summed E-state index contributed by atoms with van der Waals surface area (Å²) in [6, 6.07) is 17.7. The molecule has 0 spiro atoms. The van der Waals surface area contributed by atoms with Gasteiger partial charge in [0.05, 0.1) is 6.10 Å². The summed E-state index contributed by atoms with van der Waals surface area (Å²) in [7, 11) is 0. The largest absolute Gasteiger partial charge is 0.489 e. The summed E-state index contributed by atoms with van der Waals surface area (Å²) in [6.07, 6.45) is -0.512. The Bertz CT molecular complexity index is 558. The third kappa shape index (κ3) is 5.51. The van der Waals surface area contributed by atoms with Crippen LogP contribution in [0.3, 0.4) is 0 Å². The van der Waals surface area contributed by atoms with Crippen LogP contribution >= 0.6 is 0 Å². The van der Waals surface area contributed by atoms with Gasteiger partial charge in [0.15, 0.2) is 0 Å². The molecule has 2 aromatic carbocycles. The van der Waals surface area contributed by atoms with E-state index in [-0.39, 0.29) is 5.54 Å². The molecule has 0 radical (unpaired) electrons. The van der Waals surface area contributed by atoms with Crippen molar-refractivity contribution in [3.05, 3.63) is 65.7 Å². The van der Waals surface area contributed by atoms with Gasteiger partial charge in [-0.2, -0.15) is 0 Å². The van der Waals surface area contributed by atoms with Gasteiger partial charge in [0, 0.05) is 12.1 Å². The Balaban J connectivity index is 1.87. The summed E-state index contributed by atoms with van der Waals surface area (Å²) in [5.41, 5.74) is 2.03. The van der Waals surface area contributed by atoms with Crippen molar-refractivity contribution in [2.75, 3.05) is 6.54 Å². The first-order chi connectivity index (χ1) is 10.4. The minimum absolute atomic E-state index is 0.000282. The SMILES string of the molecule is CC(C)(C)NC[C@H](O)c1ccc(OCc2ccccc2)cc1. The van der Waals surface area contributed by atoms with E-state index in [9.17, 15) is 5.11 Å². The molecule has 0 aromatic heterocycles. The maximum atomic E-state index is 10.2. The lowest BCUT2D eigenvalue weighted by atomic mass is 10.1. The molecule has 22 heavy (non-hydrogen) atoms. The van der Waals surface area contributed by atoms with Crippen molar-refractivity contribution in [2.45, 2.75) is 39.0 Å². The standard InChI is InChI=1S/C19H25NO2/c1-19(2,3)20-13-18(21)16-9-11-17(12-10-16)22-14-15-7-5-4-6-8-15/h4-12,18,20-21H,13-14H2,1-3H3/t18-/m0/s1. The fraction of sp³-hybridized carbons (Fsp3) is 0.368. The van der Waals surface area contributed by atoms with E-state index in [2.05, 4.69) is 26.1 Å². The van der Waals surface area contributed by atoms with Gasteiger partial charge in [-0.05, 0) is 44.0 Å². The van der Waals surface area contributed by atoms with Crippen LogP contribution in [-0.4, -0.2) is 17.2 Å². The number of aliphatic hydroxyl groups excluding tert-OH is 1. The zero-order valence-corrected chi connectivity index (χ0v) is 13.5. The molecule has 2 aromatic rings. The van der Waals surface area contributed by atoms with Crippen LogP contribution < -0.4 is 10.1 Å². The molecule has 118 valence electrons. The van der Waals surface area contributed by atoms with Crippen molar-refractivity contribution in [1.29, 1.82) is 0 Å². The molecule has 0 aliphatic heterocycles. The van der Waals surface area contributed by atoms with Gasteiger partial charge in [-0.15, -0.1) is 0 Å². The highest BCUT2D eigenvalue weighted by Gasteiger charge is 2.13. The second kappa shape index (κ2) is 7.43. The molecule has 1 atom stereocenters. The maximum absolute atomic E-state index is 10.2. The van der Waals surface area contributed by atoms with Crippen LogP contribution in [0.4, 0.5) is 0 Å². The second-order valence-electron chi connectivity index (χ2n) is 6.49. The fourth-order valence-electron chi connectivity index (χ4n) is 2.05. The molecule has 2 rings (SSSR count). The average Bonchev–Trinajstić information content (AvgIpc) is 2.51. The summed E-state index contributed by atoms with van der Waals surface area (Å²) in [4.78, 5) is 0. The first kappa shape index (κ1) is 16.5. The van der Waals surface area contributed by atoms with Crippen LogP contribution in [0.15, 0.2) is 54.6 Å². The number of nitrogens with one attached hydrogen (secondary N) is 1. The smallest absolute Gasteiger partial charge is 0.119 e. The lowest BCUT2D eigenvalue weighted by molar-refractivity contribution is 0.163. The van der Waals surface area contributed by atoms with E-state index in [0.29, 0.717) is 13.2 Å². The lowest BCUT2D eigenvalue weighted by Gasteiger charge is -2.23. The minimum atomic E-state index is -0.512. The molecule has 0 unspecified atom stereocenters. The van der Waals surface area contributed by atoms with Gasteiger partial charge < -0.3 is 15.2 Å². The number of rotatable bonds is 6. The van der Waals surface area contributed by atoms with E-state index in [4.69, 9.17) is 4.74 Å². The van der Waals surface area contributed by atoms with Gasteiger partial charge in [0.1, 0.15) is 12.4 Å². The van der Waals surface area contributed by atoms with Crippen LogP contribution in [0.2, 0.25) is 0 Å². The molecule has 0 saturated carbocycles. The number of benzene rings is 2. The van der Waals surface area contributed by atoms with E-state index >= 15 is 0 Å². The van der Waals surface area contributed by atoms with Crippen molar-refractivity contribution in [3.8, 4) is 5.75 Å². The molecule has 0 saturated heterocycles. The Morgan fingerprint density at radius 3 is 2.23 bits per heavy atom. The van der Waals surface area contributed by atoms with Crippen molar-refractivity contribution >= 4 is 0 Å². The van der Waals surface area contributed by atoms with Crippen LogP contribution in [0.1, 0.15) is 38.0 Å². The topological polar surface area (TPSA) is 41.5 Å². The predicted molar refractivity (Wildman–Crippen MR) is 89.9 cm³/mol. The molecule has 0 heterocycles. The van der Waals surface area contributed by atoms with Crippen molar-refractivity contribution in [3.63, 3.8) is 0 Å². The molecule has 0 bridgehead atoms. The molecular weight excluding hydrogens is 274 g/mol. The monoisotopic (exact) mass is 299 g/mol. The zero-order chi connectivity index (χ0) is 16.0. The predicted octanol–water partition coefficient (Wildman–Crippen LogP) is 3.69. The number of β-amino-alcohol motifs (C(OH)–C–C–N with tert-alkyl or cyclic N) is 1. The van der Waals surface area contributed by atoms with E-state index in [0.717, 1.165) is 16.9 Å². The molecule has 0 fully saturated rings. The first-order valence-electron chi connectivity index (χ1n) is 7.64. The third-order valence-corrected chi connectivity index (χ3v) is 3.34. The molecule has 3 nitrogen and oxygen atoms in total. The van der Waals surface area contributed by atoms with Crippen molar-refractivity contribution in [1.82, 2.24) is 5.32 Å². The lowest BCUT2D eigenvalue weighted by Crippen LogP contribution is -2.38. The maximum Gasteiger partial charge on any atom is 0.119 e. The van der Waals surface area contributed by atoms with Gasteiger partial charge in [-0.1, -0.05) is 42.5 Å². The average molecular weight is 299 g/mol. The Hall–Kier alpha value is -1.84. The van der Waals surface area contributed by atoms with E-state index in [1.807, 2.05) is 54.6 Å². The molecule has 0 aliphatic carbocycles. The van der Waals surface area contributed by atoms with E-state index < -0.39 is 6.10 Å². The first-order valence-corrected chi connectivity index (χ1v) is 7.64. The summed E-state index contributed by atoms with van der Waals surface area (Å²) in [5.74, 6) is 0.809. The van der Waals surface area contributed by atoms with Crippen LogP contribution in [0.5, 0.6) is 5.75 Å². The molecule has 0 aliphatic rings. The summed E-state index contributed by atoms with van der Waals surface area (Å²) >= 11 is 0. The van der Waals surface area contributed by atoms with Crippen LogP contribution in [0.25, 0.3) is 0 Å². The van der Waals surface area contributed by atoms with E-state index in [1.54, 1.807) is 0 Å². The fourth-order valence-corrected chi connectivity index (χ4v) is 2.05. The van der Waals surface area contributed by atoms with Crippen LogP contribution in [0, 0.1) is 0 Å². The number of aliphatic hydroxyl groups is 1. The van der Waals surface area contributed by atoms with Gasteiger partial charge in [0.25, 0.3) is 0 Å². The van der Waals surface area contributed by atoms with Crippen molar-refractivity contribution < 1.29 is 9.84 Å². The molecule has 3 heteroatoms. The highest BCUT2D eigenvalue weighted by atomic mass is 16.5. The summed E-state index contributed by atoms with van der Waals surface area (Å²) in [6.45, 7) is 7.34. The number of hydrogen-bond acceptors (Lipinski definition) is 3. The highest BCUT2D eigenvalue weighted by molar-refractivity contribution is 5.29.